The van der Waals surface area contributed by atoms with Gasteiger partial charge >= 0.3 is 6.09 Å². The first kappa shape index (κ1) is 19.3. The summed E-state index contributed by atoms with van der Waals surface area (Å²) < 4.78 is 10.8. The van der Waals surface area contributed by atoms with Crippen LogP contribution in [-0.2, 0) is 16.0 Å². The quantitative estimate of drug-likeness (QED) is 0.827. The van der Waals surface area contributed by atoms with Gasteiger partial charge in [0.05, 0.1) is 13.2 Å². The third kappa shape index (κ3) is 7.37. The summed E-state index contributed by atoms with van der Waals surface area (Å²) in [5.74, 6) is 0. The van der Waals surface area contributed by atoms with Gasteiger partial charge in [-0.2, -0.15) is 0 Å². The average Bonchev–Trinajstić information content (AvgIpc) is 2.45. The van der Waals surface area contributed by atoms with Crippen LogP contribution in [0, 0.1) is 0 Å². The number of hydrogen-bond donors (Lipinski definition) is 1. The Morgan fingerprint density at radius 2 is 1.96 bits per heavy atom. The number of hydrogen-bond acceptors (Lipinski definition) is 4. The largest absolute Gasteiger partial charge is 0.444 e. The van der Waals surface area contributed by atoms with E-state index in [4.69, 9.17) is 9.47 Å². The van der Waals surface area contributed by atoms with E-state index in [1.165, 1.54) is 0 Å². The maximum absolute atomic E-state index is 12.1. The molecule has 5 heteroatoms. The molecule has 0 radical (unpaired) electrons. The van der Waals surface area contributed by atoms with Gasteiger partial charge in [0.25, 0.3) is 0 Å². The number of nitrogens with one attached hydrogen (secondary N) is 1. The minimum atomic E-state index is -0.491. The summed E-state index contributed by atoms with van der Waals surface area (Å²) in [5, 5.41) is 3.43. The van der Waals surface area contributed by atoms with Crippen molar-refractivity contribution in [2.45, 2.75) is 52.8 Å². The Labute approximate surface area is 140 Å². The number of carbonyl (C=O) groups excluding carboxylic acids is 1. The molecule has 1 aromatic carbocycles. The van der Waals surface area contributed by atoms with Crippen LogP contribution in [-0.4, -0.2) is 42.9 Å². The first-order valence-corrected chi connectivity index (χ1v) is 8.09. The molecule has 1 atom stereocenters. The molecule has 0 spiro atoms. The van der Waals surface area contributed by atoms with Crippen LogP contribution < -0.4 is 5.32 Å². The first-order chi connectivity index (χ1) is 10.7. The SMILES string of the molecule is CCOCC(C)Nc1ccccc1CN(C)C(=O)OC(C)(C)C. The molecule has 130 valence electrons. The molecule has 1 amide bonds. The molecule has 0 aliphatic carbocycles. The molecule has 0 saturated heterocycles. The number of carbonyl (C=O) groups is 1. The zero-order valence-electron chi connectivity index (χ0n) is 15.2. The van der Waals surface area contributed by atoms with Crippen LogP contribution in [0.15, 0.2) is 24.3 Å². The summed E-state index contributed by atoms with van der Waals surface area (Å²) in [6.45, 7) is 11.5. The van der Waals surface area contributed by atoms with Gasteiger partial charge in [0.1, 0.15) is 5.60 Å². The molecular formula is C18H30N2O3. The Hall–Kier alpha value is -1.75. The highest BCUT2D eigenvalue weighted by molar-refractivity contribution is 5.68. The highest BCUT2D eigenvalue weighted by atomic mass is 16.6. The fraction of sp³-hybridized carbons (Fsp3) is 0.611. The zero-order chi connectivity index (χ0) is 17.5. The van der Waals surface area contributed by atoms with Crippen molar-refractivity contribution in [1.29, 1.82) is 0 Å². The van der Waals surface area contributed by atoms with Gasteiger partial charge in [0.15, 0.2) is 0 Å². The summed E-state index contributed by atoms with van der Waals surface area (Å²) in [6, 6.07) is 8.17. The molecule has 0 bridgehead atoms. The number of rotatable bonds is 7. The molecule has 0 heterocycles. The lowest BCUT2D eigenvalue weighted by atomic mass is 10.1. The van der Waals surface area contributed by atoms with Gasteiger partial charge < -0.3 is 19.7 Å². The van der Waals surface area contributed by atoms with Gasteiger partial charge in [-0.25, -0.2) is 4.79 Å². The van der Waals surface area contributed by atoms with Crippen molar-refractivity contribution in [2.75, 3.05) is 25.6 Å². The van der Waals surface area contributed by atoms with Crippen LogP contribution in [0.25, 0.3) is 0 Å². The molecule has 1 rings (SSSR count). The molecule has 0 aliphatic rings. The topological polar surface area (TPSA) is 50.8 Å². The fourth-order valence-corrected chi connectivity index (χ4v) is 2.06. The van der Waals surface area contributed by atoms with Gasteiger partial charge in [-0.3, -0.25) is 0 Å². The van der Waals surface area contributed by atoms with Crippen molar-refractivity contribution in [2.24, 2.45) is 0 Å². The minimum Gasteiger partial charge on any atom is -0.444 e. The van der Waals surface area contributed by atoms with E-state index in [-0.39, 0.29) is 12.1 Å². The van der Waals surface area contributed by atoms with E-state index < -0.39 is 5.60 Å². The van der Waals surface area contributed by atoms with Crippen LogP contribution in [0.5, 0.6) is 0 Å². The Morgan fingerprint density at radius 1 is 1.30 bits per heavy atom. The van der Waals surface area contributed by atoms with E-state index in [1.807, 2.05) is 52.0 Å². The second kappa shape index (κ2) is 8.77. The molecule has 0 saturated carbocycles. The second-order valence-electron chi connectivity index (χ2n) is 6.70. The number of benzene rings is 1. The van der Waals surface area contributed by atoms with Crippen molar-refractivity contribution >= 4 is 11.8 Å². The standard InChI is InChI=1S/C18H30N2O3/c1-7-22-13-14(2)19-16-11-9-8-10-15(16)12-20(6)17(21)23-18(3,4)5/h8-11,14,19H,7,12-13H2,1-6H3. The summed E-state index contributed by atoms with van der Waals surface area (Å²) in [4.78, 5) is 13.7. The van der Waals surface area contributed by atoms with E-state index in [0.717, 1.165) is 11.3 Å². The lowest BCUT2D eigenvalue weighted by Crippen LogP contribution is -2.34. The average molecular weight is 322 g/mol. The molecular weight excluding hydrogens is 292 g/mol. The first-order valence-electron chi connectivity index (χ1n) is 8.09. The van der Waals surface area contributed by atoms with Gasteiger partial charge in [-0.1, -0.05) is 18.2 Å². The van der Waals surface area contributed by atoms with Crippen molar-refractivity contribution in [1.82, 2.24) is 4.90 Å². The molecule has 0 aromatic heterocycles. The third-order valence-electron chi connectivity index (χ3n) is 3.10. The Balaban J connectivity index is 2.71. The van der Waals surface area contributed by atoms with Gasteiger partial charge in [-0.15, -0.1) is 0 Å². The summed E-state index contributed by atoms with van der Waals surface area (Å²) in [6.07, 6.45) is -0.324. The van der Waals surface area contributed by atoms with Crippen LogP contribution in [0.2, 0.25) is 0 Å². The molecule has 1 unspecified atom stereocenters. The highest BCUT2D eigenvalue weighted by Gasteiger charge is 2.20. The normalized spacial score (nSPS) is 12.6. The smallest absolute Gasteiger partial charge is 0.410 e. The molecule has 23 heavy (non-hydrogen) atoms. The van der Waals surface area contributed by atoms with Crippen molar-refractivity contribution < 1.29 is 14.3 Å². The third-order valence-corrected chi connectivity index (χ3v) is 3.10. The highest BCUT2D eigenvalue weighted by Crippen LogP contribution is 2.19. The van der Waals surface area contributed by atoms with Crippen molar-refractivity contribution in [3.8, 4) is 0 Å². The second-order valence-corrected chi connectivity index (χ2v) is 6.70. The lowest BCUT2D eigenvalue weighted by molar-refractivity contribution is 0.0285. The monoisotopic (exact) mass is 322 g/mol. The van der Waals surface area contributed by atoms with E-state index in [9.17, 15) is 4.79 Å². The Bertz CT molecular complexity index is 497. The van der Waals surface area contributed by atoms with Gasteiger partial charge in [0, 0.05) is 25.4 Å². The molecule has 0 aliphatic heterocycles. The van der Waals surface area contributed by atoms with Crippen LogP contribution in [0.1, 0.15) is 40.2 Å². The van der Waals surface area contributed by atoms with E-state index in [1.54, 1.807) is 11.9 Å². The molecule has 5 nitrogen and oxygen atoms in total. The lowest BCUT2D eigenvalue weighted by Gasteiger charge is -2.26. The van der Waals surface area contributed by atoms with E-state index in [2.05, 4.69) is 12.2 Å². The van der Waals surface area contributed by atoms with Gasteiger partial charge in [0.2, 0.25) is 0 Å². The summed E-state index contributed by atoms with van der Waals surface area (Å²) in [5.41, 5.74) is 1.56. The predicted octanol–water partition coefficient (Wildman–Crippen LogP) is 3.89. The number of para-hydroxylation sites is 1. The van der Waals surface area contributed by atoms with E-state index >= 15 is 0 Å². The predicted molar refractivity (Wildman–Crippen MR) is 93.7 cm³/mol. The maximum atomic E-state index is 12.1. The maximum Gasteiger partial charge on any atom is 0.410 e. The molecule has 0 fully saturated rings. The van der Waals surface area contributed by atoms with Crippen LogP contribution in [0.3, 0.4) is 0 Å². The van der Waals surface area contributed by atoms with Gasteiger partial charge in [-0.05, 0) is 46.2 Å². The zero-order valence-corrected chi connectivity index (χ0v) is 15.2. The van der Waals surface area contributed by atoms with Crippen LogP contribution in [0.4, 0.5) is 10.5 Å². The van der Waals surface area contributed by atoms with Crippen molar-refractivity contribution in [3.63, 3.8) is 0 Å². The Morgan fingerprint density at radius 3 is 2.57 bits per heavy atom. The summed E-state index contributed by atoms with van der Waals surface area (Å²) >= 11 is 0. The van der Waals surface area contributed by atoms with Crippen molar-refractivity contribution in [3.05, 3.63) is 29.8 Å². The molecule has 1 aromatic rings. The number of nitrogens with zero attached hydrogens (tertiary/aromatic N) is 1. The number of anilines is 1. The molecule has 1 N–H and O–H groups in total. The van der Waals surface area contributed by atoms with Crippen LogP contribution >= 0.6 is 0 Å². The van der Waals surface area contributed by atoms with E-state index in [0.29, 0.717) is 19.8 Å². The number of amides is 1. The fourth-order valence-electron chi connectivity index (χ4n) is 2.06. The number of ether oxygens (including phenoxy) is 2. The Kier molecular flexibility index (Phi) is 7.36. The minimum absolute atomic E-state index is 0.197. The summed E-state index contributed by atoms with van der Waals surface area (Å²) in [7, 11) is 1.74.